The van der Waals surface area contributed by atoms with Crippen LogP contribution in [-0.4, -0.2) is 18.4 Å². The number of benzene rings is 1. The summed E-state index contributed by atoms with van der Waals surface area (Å²) in [6.45, 7) is 16.0. The summed E-state index contributed by atoms with van der Waals surface area (Å²) in [7, 11) is 1.67. The predicted molar refractivity (Wildman–Crippen MR) is 92.1 cm³/mol. The maximum Gasteiger partial charge on any atom is 0.101 e. The minimum absolute atomic E-state index is 0.178. The van der Waals surface area contributed by atoms with E-state index in [-0.39, 0.29) is 19.2 Å². The number of methoxy groups -OCH3 is 1. The van der Waals surface area contributed by atoms with Crippen LogP contribution in [-0.2, 0) is 10.2 Å². The lowest BCUT2D eigenvalue weighted by Gasteiger charge is -2.33. The van der Waals surface area contributed by atoms with Crippen molar-refractivity contribution < 1.29 is 4.74 Å². The highest BCUT2D eigenvalue weighted by molar-refractivity contribution is 7.59. The van der Waals surface area contributed by atoms with Crippen molar-refractivity contribution in [2.45, 2.75) is 71.0 Å². The molecular formula is C18H31OP. The molecule has 2 heteroatoms. The molecule has 1 nitrogen and oxygen atoms in total. The third-order valence-electron chi connectivity index (χ3n) is 3.75. The van der Waals surface area contributed by atoms with Gasteiger partial charge < -0.3 is 4.74 Å². The van der Waals surface area contributed by atoms with E-state index in [0.717, 1.165) is 0 Å². The van der Waals surface area contributed by atoms with Crippen molar-refractivity contribution in [3.63, 3.8) is 0 Å². The van der Waals surface area contributed by atoms with Gasteiger partial charge in [-0.15, -0.1) is 0 Å². The third kappa shape index (κ3) is 4.30. The lowest BCUT2D eigenvalue weighted by molar-refractivity contribution is 0.169. The summed E-state index contributed by atoms with van der Waals surface area (Å²) >= 11 is 0. The fourth-order valence-corrected chi connectivity index (χ4v) is 5.75. The van der Waals surface area contributed by atoms with E-state index in [4.69, 9.17) is 4.74 Å². The van der Waals surface area contributed by atoms with Crippen LogP contribution in [0.15, 0.2) is 24.3 Å². The Morgan fingerprint density at radius 3 is 1.65 bits per heavy atom. The SMILES string of the molecule is CO[C@@H](c1ccc(C(C)(C)C)cc1)P(C(C)C)C(C)C. The second-order valence-corrected chi connectivity index (χ2v) is 10.5. The molecule has 0 fully saturated rings. The monoisotopic (exact) mass is 294 g/mol. The van der Waals surface area contributed by atoms with Crippen LogP contribution in [0.2, 0.25) is 0 Å². The van der Waals surface area contributed by atoms with Crippen molar-refractivity contribution in [3.05, 3.63) is 35.4 Å². The van der Waals surface area contributed by atoms with Gasteiger partial charge in [0.15, 0.2) is 0 Å². The lowest BCUT2D eigenvalue weighted by Crippen LogP contribution is -2.14. The van der Waals surface area contributed by atoms with Crippen molar-refractivity contribution >= 4 is 7.92 Å². The number of rotatable bonds is 5. The molecule has 0 aliphatic heterocycles. The molecule has 0 aliphatic carbocycles. The molecular weight excluding hydrogens is 263 g/mol. The van der Waals surface area contributed by atoms with Gasteiger partial charge in [-0.05, 0) is 27.9 Å². The van der Waals surface area contributed by atoms with Crippen LogP contribution < -0.4 is 0 Å². The zero-order chi connectivity index (χ0) is 15.5. The minimum Gasteiger partial charge on any atom is -0.372 e. The molecule has 114 valence electrons. The molecule has 1 rings (SSSR count). The molecule has 0 saturated heterocycles. The first kappa shape index (κ1) is 17.7. The zero-order valence-corrected chi connectivity index (χ0v) is 15.3. The van der Waals surface area contributed by atoms with Crippen molar-refractivity contribution in [1.82, 2.24) is 0 Å². The summed E-state index contributed by atoms with van der Waals surface area (Å²) in [5.74, 6) is 0.249. The average molecular weight is 294 g/mol. The second kappa shape index (κ2) is 7.05. The van der Waals surface area contributed by atoms with Crippen molar-refractivity contribution in [2.75, 3.05) is 7.11 Å². The van der Waals surface area contributed by atoms with Crippen molar-refractivity contribution in [1.29, 1.82) is 0 Å². The van der Waals surface area contributed by atoms with E-state index in [9.17, 15) is 0 Å². The van der Waals surface area contributed by atoms with Crippen LogP contribution in [0.25, 0.3) is 0 Å². The van der Waals surface area contributed by atoms with Gasteiger partial charge in [-0.3, -0.25) is 0 Å². The quantitative estimate of drug-likeness (QED) is 0.612. The molecule has 0 bridgehead atoms. The second-order valence-electron chi connectivity index (χ2n) is 7.09. The maximum absolute atomic E-state index is 5.88. The van der Waals surface area contributed by atoms with Gasteiger partial charge in [0.2, 0.25) is 0 Å². The van der Waals surface area contributed by atoms with Gasteiger partial charge in [0.05, 0.1) is 0 Å². The highest BCUT2D eigenvalue weighted by Crippen LogP contribution is 2.58. The Bertz CT molecular complexity index is 392. The molecule has 0 heterocycles. The molecule has 1 aromatic rings. The average Bonchev–Trinajstić information content (AvgIpc) is 2.33. The summed E-state index contributed by atoms with van der Waals surface area (Å²) in [6.07, 6.45) is 0. The van der Waals surface area contributed by atoms with Gasteiger partial charge in [-0.25, -0.2) is 0 Å². The van der Waals surface area contributed by atoms with Crippen molar-refractivity contribution in [2.24, 2.45) is 0 Å². The molecule has 0 radical (unpaired) electrons. The Morgan fingerprint density at radius 1 is 0.900 bits per heavy atom. The predicted octanol–water partition coefficient (Wildman–Crippen LogP) is 5.93. The van der Waals surface area contributed by atoms with E-state index in [2.05, 4.69) is 72.7 Å². The van der Waals surface area contributed by atoms with E-state index in [1.165, 1.54) is 11.1 Å². The van der Waals surface area contributed by atoms with Crippen LogP contribution in [0.3, 0.4) is 0 Å². The number of ether oxygens (including phenoxy) is 1. The summed E-state index contributed by atoms with van der Waals surface area (Å²) in [5, 5.41) is 0. The van der Waals surface area contributed by atoms with Gasteiger partial charge in [0.25, 0.3) is 0 Å². The van der Waals surface area contributed by atoms with Gasteiger partial charge in [0.1, 0.15) is 5.85 Å². The standard InChI is InChI=1S/C18H31OP/c1-13(2)20(14(3)4)17(19-8)15-9-11-16(12-10-15)18(5,6)7/h9-14,17H,1-8H3/t17-/m1/s1. The van der Waals surface area contributed by atoms with E-state index < -0.39 is 0 Å². The molecule has 20 heavy (non-hydrogen) atoms. The summed E-state index contributed by atoms with van der Waals surface area (Å²) in [4.78, 5) is 0. The lowest BCUT2D eigenvalue weighted by atomic mass is 9.87. The molecule has 0 aromatic heterocycles. The highest BCUT2D eigenvalue weighted by Gasteiger charge is 2.28. The summed E-state index contributed by atoms with van der Waals surface area (Å²) in [6, 6.07) is 9.04. The van der Waals surface area contributed by atoms with Gasteiger partial charge >= 0.3 is 0 Å². The van der Waals surface area contributed by atoms with E-state index >= 15 is 0 Å². The smallest absolute Gasteiger partial charge is 0.101 e. The zero-order valence-electron chi connectivity index (χ0n) is 14.4. The van der Waals surface area contributed by atoms with E-state index in [0.29, 0.717) is 11.3 Å². The highest BCUT2D eigenvalue weighted by atomic mass is 31.1. The third-order valence-corrected chi connectivity index (χ3v) is 7.18. The van der Waals surface area contributed by atoms with Crippen LogP contribution in [0.5, 0.6) is 0 Å². The number of hydrogen-bond donors (Lipinski definition) is 0. The normalized spacial score (nSPS) is 14.3. The Morgan fingerprint density at radius 2 is 1.35 bits per heavy atom. The summed E-state index contributed by atoms with van der Waals surface area (Å²) in [5.41, 5.74) is 4.28. The topological polar surface area (TPSA) is 9.23 Å². The molecule has 1 aromatic carbocycles. The molecule has 0 saturated carbocycles. The Kier molecular flexibility index (Phi) is 6.23. The fourth-order valence-electron chi connectivity index (χ4n) is 2.72. The molecule has 0 amide bonds. The van der Waals surface area contributed by atoms with E-state index in [1.54, 1.807) is 0 Å². The van der Waals surface area contributed by atoms with Crippen LogP contribution >= 0.6 is 7.92 Å². The minimum atomic E-state index is -0.178. The van der Waals surface area contributed by atoms with Crippen LogP contribution in [0.1, 0.15) is 65.4 Å². The largest absolute Gasteiger partial charge is 0.372 e. The van der Waals surface area contributed by atoms with Gasteiger partial charge in [-0.1, -0.05) is 80.7 Å². The first-order valence-electron chi connectivity index (χ1n) is 7.59. The van der Waals surface area contributed by atoms with Gasteiger partial charge in [0, 0.05) is 7.11 Å². The van der Waals surface area contributed by atoms with Crippen LogP contribution in [0, 0.1) is 0 Å². The maximum atomic E-state index is 5.88. The Hall–Kier alpha value is -0.390. The van der Waals surface area contributed by atoms with E-state index in [1.807, 2.05) is 7.11 Å². The van der Waals surface area contributed by atoms with Crippen molar-refractivity contribution in [3.8, 4) is 0 Å². The molecule has 0 unspecified atom stereocenters. The fraction of sp³-hybridized carbons (Fsp3) is 0.667. The molecule has 1 atom stereocenters. The van der Waals surface area contributed by atoms with Gasteiger partial charge in [-0.2, -0.15) is 0 Å². The molecule has 0 N–H and O–H groups in total. The molecule has 0 aliphatic rings. The molecule has 0 spiro atoms. The number of hydrogen-bond acceptors (Lipinski definition) is 1. The first-order valence-corrected chi connectivity index (χ1v) is 9.14. The summed E-state index contributed by atoms with van der Waals surface area (Å²) < 4.78 is 5.88. The van der Waals surface area contributed by atoms with Crippen LogP contribution in [0.4, 0.5) is 0 Å². The Labute approximate surface area is 126 Å². The Balaban J connectivity index is 3.06. The first-order chi connectivity index (χ1) is 9.18.